The number of rotatable bonds is 5. The number of nitrogens with one attached hydrogen (secondary N) is 1. The number of likely N-dealkylation sites (tertiary alicyclic amines) is 1. The fourth-order valence-electron chi connectivity index (χ4n) is 2.59. The van der Waals surface area contributed by atoms with Crippen molar-refractivity contribution in [2.75, 3.05) is 13.1 Å². The molecule has 1 aliphatic rings. The zero-order valence-electron chi connectivity index (χ0n) is 12.2. The van der Waals surface area contributed by atoms with Crippen LogP contribution in [-0.2, 0) is 4.79 Å². The summed E-state index contributed by atoms with van der Waals surface area (Å²) in [4.78, 5) is 25.2. The molecule has 1 unspecified atom stereocenters. The third kappa shape index (κ3) is 3.85. The van der Waals surface area contributed by atoms with Crippen LogP contribution in [0, 0.1) is 5.41 Å². The molecule has 2 N–H and O–H groups in total. The molecule has 2 amide bonds. The van der Waals surface area contributed by atoms with Crippen LogP contribution >= 0.6 is 0 Å². The van der Waals surface area contributed by atoms with Gasteiger partial charge in [-0.2, -0.15) is 0 Å². The van der Waals surface area contributed by atoms with Crippen LogP contribution in [0.1, 0.15) is 52.9 Å². The van der Waals surface area contributed by atoms with Crippen LogP contribution in [0.2, 0.25) is 0 Å². The maximum absolute atomic E-state index is 12.0. The molecule has 1 rings (SSSR count). The van der Waals surface area contributed by atoms with Gasteiger partial charge in [-0.15, -0.1) is 0 Å². The molecule has 0 aliphatic carbocycles. The number of piperidine rings is 1. The van der Waals surface area contributed by atoms with Crippen molar-refractivity contribution in [2.24, 2.45) is 5.41 Å². The fourth-order valence-corrected chi connectivity index (χ4v) is 2.59. The van der Waals surface area contributed by atoms with E-state index >= 15 is 0 Å². The smallest absolute Gasteiger partial charge is 0.317 e. The molecule has 5 nitrogen and oxygen atoms in total. The molecular formula is C14H26N2O3. The normalized spacial score (nSPS) is 19.8. The molecule has 0 bridgehead atoms. The molecule has 1 saturated heterocycles. The van der Waals surface area contributed by atoms with Crippen molar-refractivity contribution in [3.8, 4) is 0 Å². The van der Waals surface area contributed by atoms with Gasteiger partial charge in [0.15, 0.2) is 0 Å². The van der Waals surface area contributed by atoms with Crippen LogP contribution in [0.25, 0.3) is 0 Å². The van der Waals surface area contributed by atoms with Crippen molar-refractivity contribution in [2.45, 2.75) is 58.9 Å². The van der Waals surface area contributed by atoms with Gasteiger partial charge in [-0.3, -0.25) is 4.79 Å². The maximum Gasteiger partial charge on any atom is 0.317 e. The lowest BCUT2D eigenvalue weighted by molar-refractivity contribution is -0.152. The summed E-state index contributed by atoms with van der Waals surface area (Å²) in [5.41, 5.74) is -0.623. The SMILES string of the molecule is CCCC1(C(=O)O)CCN(C(=O)NC(C)CC)CC1. The maximum atomic E-state index is 12.0. The number of hydrogen-bond acceptors (Lipinski definition) is 2. The average Bonchev–Trinajstić information content (AvgIpc) is 2.39. The van der Waals surface area contributed by atoms with E-state index in [2.05, 4.69) is 5.32 Å². The highest BCUT2D eigenvalue weighted by molar-refractivity contribution is 5.77. The van der Waals surface area contributed by atoms with Gasteiger partial charge in [-0.05, 0) is 32.6 Å². The second kappa shape index (κ2) is 6.78. The van der Waals surface area contributed by atoms with E-state index in [0.717, 1.165) is 12.8 Å². The molecule has 19 heavy (non-hydrogen) atoms. The molecular weight excluding hydrogens is 244 g/mol. The van der Waals surface area contributed by atoms with Crippen LogP contribution in [0.3, 0.4) is 0 Å². The first-order valence-electron chi connectivity index (χ1n) is 7.24. The number of hydrogen-bond donors (Lipinski definition) is 2. The van der Waals surface area contributed by atoms with E-state index in [1.54, 1.807) is 4.90 Å². The molecule has 0 spiro atoms. The number of carbonyl (C=O) groups is 2. The molecule has 0 aromatic heterocycles. The monoisotopic (exact) mass is 270 g/mol. The Morgan fingerprint density at radius 2 is 1.89 bits per heavy atom. The van der Waals surface area contributed by atoms with Crippen LogP contribution in [-0.4, -0.2) is 41.1 Å². The number of urea groups is 1. The lowest BCUT2D eigenvalue weighted by Crippen LogP contribution is -2.51. The topological polar surface area (TPSA) is 69.6 Å². The molecule has 0 saturated carbocycles. The highest BCUT2D eigenvalue weighted by Crippen LogP contribution is 2.36. The zero-order valence-corrected chi connectivity index (χ0v) is 12.2. The van der Waals surface area contributed by atoms with E-state index in [1.165, 1.54) is 0 Å². The third-order valence-electron chi connectivity index (χ3n) is 4.17. The van der Waals surface area contributed by atoms with Crippen molar-refractivity contribution in [3.63, 3.8) is 0 Å². The van der Waals surface area contributed by atoms with Crippen LogP contribution in [0.15, 0.2) is 0 Å². The standard InChI is InChI=1S/C14H26N2O3/c1-4-6-14(12(17)18)7-9-16(10-8-14)13(19)15-11(3)5-2/h11H,4-10H2,1-3H3,(H,15,19)(H,17,18). The minimum Gasteiger partial charge on any atom is -0.481 e. The number of carboxylic acid groups (broad SMARTS) is 1. The summed E-state index contributed by atoms with van der Waals surface area (Å²) in [7, 11) is 0. The van der Waals surface area contributed by atoms with Crippen LogP contribution in [0.4, 0.5) is 4.79 Å². The summed E-state index contributed by atoms with van der Waals surface area (Å²) in [6.07, 6.45) is 3.58. The zero-order chi connectivity index (χ0) is 14.5. The highest BCUT2D eigenvalue weighted by Gasteiger charge is 2.41. The largest absolute Gasteiger partial charge is 0.481 e. The first-order valence-corrected chi connectivity index (χ1v) is 7.24. The summed E-state index contributed by atoms with van der Waals surface area (Å²) in [5, 5.41) is 12.3. The summed E-state index contributed by atoms with van der Waals surface area (Å²) in [6, 6.07) is 0.0964. The van der Waals surface area contributed by atoms with Gasteiger partial charge in [0.05, 0.1) is 5.41 Å². The predicted molar refractivity (Wildman–Crippen MR) is 74.1 cm³/mol. The lowest BCUT2D eigenvalue weighted by atomic mass is 9.75. The molecule has 0 aromatic rings. The summed E-state index contributed by atoms with van der Waals surface area (Å²) in [6.45, 7) is 7.08. The number of carbonyl (C=O) groups excluding carboxylic acids is 1. The van der Waals surface area contributed by atoms with E-state index in [9.17, 15) is 14.7 Å². The van der Waals surface area contributed by atoms with E-state index in [4.69, 9.17) is 0 Å². The van der Waals surface area contributed by atoms with Crippen molar-refractivity contribution in [3.05, 3.63) is 0 Å². The molecule has 0 aromatic carbocycles. The molecule has 1 atom stereocenters. The quantitative estimate of drug-likeness (QED) is 0.806. The highest BCUT2D eigenvalue weighted by atomic mass is 16.4. The van der Waals surface area contributed by atoms with Gasteiger partial charge in [0.25, 0.3) is 0 Å². The predicted octanol–water partition coefficient (Wildman–Crippen LogP) is 2.46. The Morgan fingerprint density at radius 1 is 1.32 bits per heavy atom. The van der Waals surface area contributed by atoms with Crippen molar-refractivity contribution in [1.82, 2.24) is 10.2 Å². The van der Waals surface area contributed by atoms with Gasteiger partial charge >= 0.3 is 12.0 Å². The minimum atomic E-state index is -0.712. The van der Waals surface area contributed by atoms with E-state index < -0.39 is 11.4 Å². The summed E-state index contributed by atoms with van der Waals surface area (Å²) in [5.74, 6) is -0.712. The molecule has 1 heterocycles. The van der Waals surface area contributed by atoms with Gasteiger partial charge in [0.1, 0.15) is 0 Å². The number of amides is 2. The Labute approximate surface area is 115 Å². The van der Waals surface area contributed by atoms with Crippen molar-refractivity contribution >= 4 is 12.0 Å². The van der Waals surface area contributed by atoms with Gasteiger partial charge in [0.2, 0.25) is 0 Å². The second-order valence-electron chi connectivity index (χ2n) is 5.58. The van der Waals surface area contributed by atoms with Gasteiger partial charge < -0.3 is 15.3 Å². The Hall–Kier alpha value is -1.26. The Kier molecular flexibility index (Phi) is 5.63. The molecule has 110 valence electrons. The van der Waals surface area contributed by atoms with E-state index in [0.29, 0.717) is 32.4 Å². The number of nitrogens with zero attached hydrogens (tertiary/aromatic N) is 1. The first kappa shape index (κ1) is 15.8. The second-order valence-corrected chi connectivity index (χ2v) is 5.58. The number of aliphatic carboxylic acids is 1. The van der Waals surface area contributed by atoms with Gasteiger partial charge in [-0.25, -0.2) is 4.79 Å². The van der Waals surface area contributed by atoms with Gasteiger partial charge in [0, 0.05) is 19.1 Å². The van der Waals surface area contributed by atoms with Crippen molar-refractivity contribution in [1.29, 1.82) is 0 Å². The van der Waals surface area contributed by atoms with Crippen LogP contribution in [0.5, 0.6) is 0 Å². The Bertz CT molecular complexity index is 323. The average molecular weight is 270 g/mol. The summed E-state index contributed by atoms with van der Waals surface area (Å²) >= 11 is 0. The van der Waals surface area contributed by atoms with Crippen molar-refractivity contribution < 1.29 is 14.7 Å². The fraction of sp³-hybridized carbons (Fsp3) is 0.857. The van der Waals surface area contributed by atoms with Crippen LogP contribution < -0.4 is 5.32 Å². The Balaban J connectivity index is 2.55. The molecule has 5 heteroatoms. The summed E-state index contributed by atoms with van der Waals surface area (Å²) < 4.78 is 0. The molecule has 0 radical (unpaired) electrons. The number of carboxylic acids is 1. The van der Waals surface area contributed by atoms with Gasteiger partial charge in [-0.1, -0.05) is 20.3 Å². The first-order chi connectivity index (χ1) is 8.95. The lowest BCUT2D eigenvalue weighted by Gasteiger charge is -2.39. The van der Waals surface area contributed by atoms with E-state index in [-0.39, 0.29) is 12.1 Å². The molecule has 1 fully saturated rings. The Morgan fingerprint density at radius 3 is 2.32 bits per heavy atom. The third-order valence-corrected chi connectivity index (χ3v) is 4.17. The molecule has 1 aliphatic heterocycles. The minimum absolute atomic E-state index is 0.0650. The van der Waals surface area contributed by atoms with E-state index in [1.807, 2.05) is 20.8 Å².